The van der Waals surface area contributed by atoms with Crippen molar-refractivity contribution in [2.75, 3.05) is 24.5 Å². The Morgan fingerprint density at radius 1 is 1.39 bits per heavy atom. The number of nitrogens with one attached hydrogen (secondary N) is 1. The van der Waals surface area contributed by atoms with Gasteiger partial charge in [0.2, 0.25) is 5.91 Å². The smallest absolute Gasteiger partial charge is 0.366 e. The standard InChI is InChI=1S/C17H23F3N4O3.ClH/c1-11(21)4-7-22-16(25)12-5-8-23(9-6-12)14-3-2-13(17(18,19)20)10-15(14)24(26)27;/h2-3,10-12H,4-9,21H2,1H3,(H,22,25);1H. The summed E-state index contributed by atoms with van der Waals surface area (Å²) >= 11 is 0. The van der Waals surface area contributed by atoms with Gasteiger partial charge >= 0.3 is 6.18 Å². The van der Waals surface area contributed by atoms with Crippen LogP contribution in [-0.4, -0.2) is 36.5 Å². The van der Waals surface area contributed by atoms with Gasteiger partial charge in [-0.3, -0.25) is 14.9 Å². The van der Waals surface area contributed by atoms with Gasteiger partial charge in [0.05, 0.1) is 10.5 Å². The minimum atomic E-state index is -4.64. The fourth-order valence-electron chi connectivity index (χ4n) is 3.06. The third-order valence-corrected chi connectivity index (χ3v) is 4.60. The van der Waals surface area contributed by atoms with E-state index in [-0.39, 0.29) is 36.0 Å². The topological polar surface area (TPSA) is 102 Å². The molecule has 1 saturated heterocycles. The fraction of sp³-hybridized carbons (Fsp3) is 0.588. The zero-order valence-corrected chi connectivity index (χ0v) is 16.2. The molecule has 0 bridgehead atoms. The number of hydrogen-bond donors (Lipinski definition) is 2. The van der Waals surface area contributed by atoms with Crippen LogP contribution in [-0.2, 0) is 11.0 Å². The van der Waals surface area contributed by atoms with Gasteiger partial charge in [-0.15, -0.1) is 12.4 Å². The lowest BCUT2D eigenvalue weighted by Crippen LogP contribution is -2.41. The van der Waals surface area contributed by atoms with Gasteiger partial charge in [0.1, 0.15) is 5.69 Å². The number of nitro groups is 1. The molecule has 2 rings (SSSR count). The molecular formula is C17H24ClF3N4O3. The monoisotopic (exact) mass is 424 g/mol. The second kappa shape index (κ2) is 9.92. The third kappa shape index (κ3) is 6.23. The van der Waals surface area contributed by atoms with Crippen LogP contribution in [0.15, 0.2) is 18.2 Å². The number of anilines is 1. The van der Waals surface area contributed by atoms with E-state index >= 15 is 0 Å². The molecule has 1 aliphatic rings. The molecule has 1 amide bonds. The number of halogens is 4. The zero-order chi connectivity index (χ0) is 20.2. The molecule has 1 heterocycles. The van der Waals surface area contributed by atoms with E-state index in [0.717, 1.165) is 12.1 Å². The maximum absolute atomic E-state index is 12.8. The number of nitro benzene ring substituents is 1. The van der Waals surface area contributed by atoms with E-state index in [9.17, 15) is 28.1 Å². The zero-order valence-electron chi connectivity index (χ0n) is 15.4. The van der Waals surface area contributed by atoms with E-state index in [2.05, 4.69) is 5.32 Å². The number of nitrogens with zero attached hydrogens (tertiary/aromatic N) is 2. The Hall–Kier alpha value is -2.07. The highest BCUT2D eigenvalue weighted by atomic mass is 35.5. The summed E-state index contributed by atoms with van der Waals surface area (Å²) in [6.07, 6.45) is -3.03. The molecule has 1 fully saturated rings. The number of rotatable bonds is 6. The maximum Gasteiger partial charge on any atom is 0.416 e. The second-order valence-electron chi connectivity index (χ2n) is 6.78. The van der Waals surface area contributed by atoms with Crippen molar-refractivity contribution in [3.63, 3.8) is 0 Å². The lowest BCUT2D eigenvalue weighted by molar-refractivity contribution is -0.384. The lowest BCUT2D eigenvalue weighted by atomic mass is 9.95. The van der Waals surface area contributed by atoms with E-state index < -0.39 is 22.4 Å². The van der Waals surface area contributed by atoms with Crippen LogP contribution in [0.1, 0.15) is 31.7 Å². The Bertz CT molecular complexity index is 693. The fourth-order valence-corrected chi connectivity index (χ4v) is 3.06. The highest BCUT2D eigenvalue weighted by Crippen LogP contribution is 2.37. The van der Waals surface area contributed by atoms with Gasteiger partial charge in [-0.1, -0.05) is 0 Å². The van der Waals surface area contributed by atoms with E-state index in [1.807, 2.05) is 6.92 Å². The Morgan fingerprint density at radius 2 is 2.00 bits per heavy atom. The molecule has 1 aromatic carbocycles. The van der Waals surface area contributed by atoms with E-state index in [1.165, 1.54) is 0 Å². The Balaban J connectivity index is 0.00000392. The number of carbonyl (C=O) groups is 1. The molecule has 11 heteroatoms. The summed E-state index contributed by atoms with van der Waals surface area (Å²) in [7, 11) is 0. The Kier molecular flexibility index (Phi) is 8.49. The molecule has 1 aromatic rings. The van der Waals surface area contributed by atoms with Crippen molar-refractivity contribution in [2.45, 2.75) is 38.4 Å². The van der Waals surface area contributed by atoms with Crippen LogP contribution < -0.4 is 16.0 Å². The van der Waals surface area contributed by atoms with Gasteiger partial charge in [-0.2, -0.15) is 13.2 Å². The van der Waals surface area contributed by atoms with Crippen molar-refractivity contribution in [1.82, 2.24) is 5.32 Å². The molecule has 158 valence electrons. The Morgan fingerprint density at radius 3 is 2.50 bits per heavy atom. The molecule has 0 saturated carbocycles. The number of benzene rings is 1. The highest BCUT2D eigenvalue weighted by Gasteiger charge is 2.34. The third-order valence-electron chi connectivity index (χ3n) is 4.60. The average Bonchev–Trinajstić information content (AvgIpc) is 2.60. The quantitative estimate of drug-likeness (QED) is 0.539. The van der Waals surface area contributed by atoms with Crippen molar-refractivity contribution in [3.05, 3.63) is 33.9 Å². The predicted octanol–water partition coefficient (Wildman–Crippen LogP) is 3.11. The van der Waals surface area contributed by atoms with Gasteiger partial charge < -0.3 is 16.0 Å². The minimum absolute atomic E-state index is 0. The van der Waals surface area contributed by atoms with Crippen LogP contribution in [0.25, 0.3) is 0 Å². The first-order valence-electron chi connectivity index (χ1n) is 8.73. The van der Waals surface area contributed by atoms with Crippen molar-refractivity contribution in [2.24, 2.45) is 11.7 Å². The van der Waals surface area contributed by atoms with Crippen LogP contribution in [0.4, 0.5) is 24.5 Å². The van der Waals surface area contributed by atoms with Gasteiger partial charge in [-0.05, 0) is 38.3 Å². The lowest BCUT2D eigenvalue weighted by Gasteiger charge is -2.32. The Labute approximate surface area is 167 Å². The minimum Gasteiger partial charge on any atom is -0.366 e. The van der Waals surface area contributed by atoms with Gasteiger partial charge in [0.25, 0.3) is 5.69 Å². The second-order valence-corrected chi connectivity index (χ2v) is 6.78. The summed E-state index contributed by atoms with van der Waals surface area (Å²) < 4.78 is 38.4. The first kappa shape index (κ1) is 24.0. The van der Waals surface area contributed by atoms with Crippen LogP contribution >= 0.6 is 12.4 Å². The molecule has 1 aliphatic heterocycles. The number of hydrogen-bond acceptors (Lipinski definition) is 5. The summed E-state index contributed by atoms with van der Waals surface area (Å²) in [5.41, 5.74) is 4.14. The highest BCUT2D eigenvalue weighted by molar-refractivity contribution is 5.85. The maximum atomic E-state index is 12.8. The van der Waals surface area contributed by atoms with E-state index in [4.69, 9.17) is 5.73 Å². The number of carbonyl (C=O) groups excluding carboxylic acids is 1. The molecule has 0 radical (unpaired) electrons. The number of nitrogens with two attached hydrogens (primary N) is 1. The molecule has 7 nitrogen and oxygen atoms in total. The first-order valence-corrected chi connectivity index (χ1v) is 8.73. The molecule has 0 aliphatic carbocycles. The van der Waals surface area contributed by atoms with Gasteiger partial charge in [-0.25, -0.2) is 0 Å². The summed E-state index contributed by atoms with van der Waals surface area (Å²) in [5.74, 6) is -0.306. The first-order chi connectivity index (χ1) is 12.6. The molecule has 1 unspecified atom stereocenters. The van der Waals surface area contributed by atoms with E-state index in [1.54, 1.807) is 4.90 Å². The molecule has 3 N–H and O–H groups in total. The molecule has 1 atom stereocenters. The predicted molar refractivity (Wildman–Crippen MR) is 102 cm³/mol. The largest absolute Gasteiger partial charge is 0.416 e. The number of piperidine rings is 1. The van der Waals surface area contributed by atoms with Crippen molar-refractivity contribution >= 4 is 29.7 Å². The average molecular weight is 425 g/mol. The van der Waals surface area contributed by atoms with Crippen LogP contribution in [0.3, 0.4) is 0 Å². The normalized spacial score (nSPS) is 16.2. The van der Waals surface area contributed by atoms with Gasteiger partial charge in [0, 0.05) is 37.7 Å². The summed E-state index contributed by atoms with van der Waals surface area (Å²) in [6, 6.07) is 2.52. The SMILES string of the molecule is CC(N)CCNC(=O)C1CCN(c2ccc(C(F)(F)F)cc2[N+](=O)[O-])CC1.Cl. The number of amides is 1. The number of alkyl halides is 3. The summed E-state index contributed by atoms with van der Waals surface area (Å²) in [4.78, 5) is 24.2. The molecule has 0 spiro atoms. The molecule has 28 heavy (non-hydrogen) atoms. The van der Waals surface area contributed by atoms with E-state index in [0.29, 0.717) is 45.0 Å². The van der Waals surface area contributed by atoms with Gasteiger partial charge in [0.15, 0.2) is 0 Å². The van der Waals surface area contributed by atoms with Crippen LogP contribution in [0, 0.1) is 16.0 Å². The van der Waals surface area contributed by atoms with Crippen molar-refractivity contribution in [3.8, 4) is 0 Å². The molecular weight excluding hydrogens is 401 g/mol. The van der Waals surface area contributed by atoms with Crippen molar-refractivity contribution in [1.29, 1.82) is 0 Å². The summed E-state index contributed by atoms with van der Waals surface area (Å²) in [6.45, 7) is 3.05. The van der Waals surface area contributed by atoms with Crippen LogP contribution in [0.2, 0.25) is 0 Å². The van der Waals surface area contributed by atoms with Crippen LogP contribution in [0.5, 0.6) is 0 Å². The summed E-state index contributed by atoms with van der Waals surface area (Å²) in [5, 5.41) is 14.0. The molecule has 0 aromatic heterocycles. The van der Waals surface area contributed by atoms with Crippen molar-refractivity contribution < 1.29 is 22.9 Å².